The summed E-state index contributed by atoms with van der Waals surface area (Å²) in [6, 6.07) is 3.14. The molecule has 1 aromatic carbocycles. The molecule has 0 radical (unpaired) electrons. The first-order chi connectivity index (χ1) is 11.0. The summed E-state index contributed by atoms with van der Waals surface area (Å²) in [7, 11) is 0. The minimum atomic E-state index is -5.05. The molecule has 1 amide bonds. The summed E-state index contributed by atoms with van der Waals surface area (Å²) in [4.78, 5) is 12.1. The maximum absolute atomic E-state index is 13.1. The molecule has 24 heavy (non-hydrogen) atoms. The molecule has 0 fully saturated rings. The molecule has 1 aliphatic heterocycles. The van der Waals surface area contributed by atoms with E-state index in [2.05, 4.69) is 5.43 Å². The highest BCUT2D eigenvalue weighted by atomic mass is 35.5. The lowest BCUT2D eigenvalue weighted by Gasteiger charge is -2.33. The Morgan fingerprint density at radius 1 is 1.33 bits per heavy atom. The van der Waals surface area contributed by atoms with Crippen LogP contribution >= 0.6 is 11.6 Å². The maximum atomic E-state index is 13.1. The van der Waals surface area contributed by atoms with Crippen molar-refractivity contribution in [3.8, 4) is 5.75 Å². The summed E-state index contributed by atoms with van der Waals surface area (Å²) in [5, 5.41) is 10.5. The number of alkyl halides is 3. The molecule has 1 aromatic rings. The summed E-state index contributed by atoms with van der Waals surface area (Å²) < 4.78 is 44.4. The van der Waals surface area contributed by atoms with Crippen molar-refractivity contribution < 1.29 is 27.8 Å². The lowest BCUT2D eigenvalue weighted by atomic mass is 10.1. The molecule has 1 heterocycles. The molecular weight excluding hydrogens is 349 g/mol. The Morgan fingerprint density at radius 2 is 1.88 bits per heavy atom. The fraction of sp³-hybridized carbons (Fsp3) is 0.400. The Bertz CT molecular complexity index is 683. The van der Waals surface area contributed by atoms with Gasteiger partial charge in [-0.25, -0.2) is 5.01 Å². The fourth-order valence-corrected chi connectivity index (χ4v) is 2.43. The van der Waals surface area contributed by atoms with Crippen molar-refractivity contribution in [2.24, 2.45) is 0 Å². The molecule has 0 spiro atoms. The molecule has 2 N–H and O–H groups in total. The van der Waals surface area contributed by atoms with Gasteiger partial charge in [0.25, 0.3) is 11.6 Å². The number of hydrogen-bond acceptors (Lipinski definition) is 4. The highest BCUT2D eigenvalue weighted by Crippen LogP contribution is 2.37. The maximum Gasteiger partial charge on any atom is 0.442 e. The molecule has 9 heteroatoms. The first-order valence-electron chi connectivity index (χ1n) is 6.93. The summed E-state index contributed by atoms with van der Waals surface area (Å²) >= 11 is 6.01. The smallest absolute Gasteiger partial charge is 0.442 e. The predicted octanol–water partition coefficient (Wildman–Crippen LogP) is 2.84. The largest absolute Gasteiger partial charge is 0.484 e. The van der Waals surface area contributed by atoms with Gasteiger partial charge in [0.1, 0.15) is 5.75 Å². The van der Waals surface area contributed by atoms with Crippen molar-refractivity contribution in [2.45, 2.75) is 32.7 Å². The van der Waals surface area contributed by atoms with Crippen molar-refractivity contribution in [3.63, 3.8) is 0 Å². The van der Waals surface area contributed by atoms with Gasteiger partial charge in [-0.15, -0.1) is 0 Å². The van der Waals surface area contributed by atoms with E-state index < -0.39 is 24.4 Å². The lowest BCUT2D eigenvalue weighted by Crippen LogP contribution is -2.61. The lowest BCUT2D eigenvalue weighted by molar-refractivity contribution is -0.289. The van der Waals surface area contributed by atoms with Gasteiger partial charge < -0.3 is 9.84 Å². The van der Waals surface area contributed by atoms with E-state index in [0.717, 1.165) is 0 Å². The summed E-state index contributed by atoms with van der Waals surface area (Å²) in [6.07, 6.45) is -4.53. The number of aryl methyl sites for hydroxylation is 2. The number of carbonyl (C=O) groups excluding carboxylic acids is 1. The van der Waals surface area contributed by atoms with E-state index in [-0.39, 0.29) is 10.7 Å². The second kappa shape index (κ2) is 6.18. The van der Waals surface area contributed by atoms with Crippen molar-refractivity contribution in [2.75, 3.05) is 6.61 Å². The average molecular weight is 365 g/mol. The van der Waals surface area contributed by atoms with Crippen LogP contribution in [0, 0.1) is 13.8 Å². The molecule has 0 aromatic heterocycles. The van der Waals surface area contributed by atoms with Crippen LogP contribution in [-0.2, 0) is 4.79 Å². The van der Waals surface area contributed by atoms with E-state index in [1.54, 1.807) is 26.0 Å². The van der Waals surface area contributed by atoms with Gasteiger partial charge in [0, 0.05) is 10.7 Å². The number of rotatable bonds is 3. The Morgan fingerprint density at radius 3 is 2.38 bits per heavy atom. The number of hydrazine groups is 1. The standard InChI is InChI=1S/C15H16ClF3N2O3/c1-8-4-11(5-9(2)13(8)16)24-7-12(22)21-14(23,15(17,18)19)6-10(3)20-21/h4-6,20,23H,7H2,1-3H3. The molecule has 0 saturated carbocycles. The van der Waals surface area contributed by atoms with Gasteiger partial charge in [-0.2, -0.15) is 13.2 Å². The number of carbonyl (C=O) groups is 1. The second-order valence-corrected chi connectivity index (χ2v) is 5.93. The third kappa shape index (κ3) is 3.29. The summed E-state index contributed by atoms with van der Waals surface area (Å²) in [5.74, 6) is -0.782. The zero-order valence-electron chi connectivity index (χ0n) is 13.2. The summed E-state index contributed by atoms with van der Waals surface area (Å²) in [5.41, 5.74) is 0.202. The van der Waals surface area contributed by atoms with E-state index in [4.69, 9.17) is 16.3 Å². The minimum absolute atomic E-state index is 0.00126. The molecule has 5 nitrogen and oxygen atoms in total. The van der Waals surface area contributed by atoms with Crippen LogP contribution in [0.25, 0.3) is 0 Å². The predicted molar refractivity (Wildman–Crippen MR) is 81.2 cm³/mol. The van der Waals surface area contributed by atoms with Crippen molar-refractivity contribution in [3.05, 3.63) is 40.1 Å². The van der Waals surface area contributed by atoms with Crippen LogP contribution in [-0.4, -0.2) is 34.5 Å². The molecule has 0 aliphatic carbocycles. The monoisotopic (exact) mass is 364 g/mol. The number of ether oxygens (including phenoxy) is 1. The number of nitrogens with one attached hydrogen (secondary N) is 1. The van der Waals surface area contributed by atoms with E-state index in [1.807, 2.05) is 0 Å². The van der Waals surface area contributed by atoms with Crippen molar-refractivity contribution in [1.82, 2.24) is 10.4 Å². The quantitative estimate of drug-likeness (QED) is 0.865. The molecule has 2 rings (SSSR count). The number of allylic oxidation sites excluding steroid dienone is 1. The first-order valence-corrected chi connectivity index (χ1v) is 7.31. The van der Waals surface area contributed by atoms with E-state index in [1.165, 1.54) is 6.92 Å². The van der Waals surface area contributed by atoms with Gasteiger partial charge in [0.05, 0.1) is 0 Å². The zero-order valence-corrected chi connectivity index (χ0v) is 13.9. The third-order valence-electron chi connectivity index (χ3n) is 3.49. The van der Waals surface area contributed by atoms with Crippen LogP contribution < -0.4 is 10.2 Å². The Balaban J connectivity index is 2.13. The summed E-state index contributed by atoms with van der Waals surface area (Å²) in [6.45, 7) is 4.09. The molecular formula is C15H16ClF3N2O3. The van der Waals surface area contributed by atoms with E-state index >= 15 is 0 Å². The SMILES string of the molecule is CC1=CC(O)(C(F)(F)F)N(C(=O)COc2cc(C)c(Cl)c(C)c2)N1. The average Bonchev–Trinajstić information content (AvgIpc) is 2.78. The van der Waals surface area contributed by atoms with Crippen LogP contribution in [0.2, 0.25) is 5.02 Å². The van der Waals surface area contributed by atoms with Gasteiger partial charge in [-0.05, 0) is 50.1 Å². The van der Waals surface area contributed by atoms with Gasteiger partial charge in [-0.3, -0.25) is 10.2 Å². The van der Waals surface area contributed by atoms with Crippen LogP contribution in [0.3, 0.4) is 0 Å². The number of aliphatic hydroxyl groups is 1. The van der Waals surface area contributed by atoms with Crippen molar-refractivity contribution in [1.29, 1.82) is 0 Å². The molecule has 132 valence electrons. The van der Waals surface area contributed by atoms with Crippen LogP contribution in [0.1, 0.15) is 18.1 Å². The van der Waals surface area contributed by atoms with E-state index in [9.17, 15) is 23.1 Å². The van der Waals surface area contributed by atoms with Crippen LogP contribution in [0.4, 0.5) is 13.2 Å². The van der Waals surface area contributed by atoms with E-state index in [0.29, 0.717) is 28.0 Å². The molecule has 1 aliphatic rings. The number of benzene rings is 1. The highest BCUT2D eigenvalue weighted by molar-refractivity contribution is 6.32. The normalized spacial score (nSPS) is 20.7. The van der Waals surface area contributed by atoms with Crippen LogP contribution in [0.5, 0.6) is 5.75 Å². The Labute approximate surface area is 141 Å². The third-order valence-corrected chi connectivity index (χ3v) is 4.08. The second-order valence-electron chi connectivity index (χ2n) is 5.55. The molecule has 1 atom stereocenters. The van der Waals surface area contributed by atoms with Crippen molar-refractivity contribution >= 4 is 17.5 Å². The number of hydrogen-bond donors (Lipinski definition) is 2. The highest BCUT2D eigenvalue weighted by Gasteiger charge is 2.61. The zero-order chi connectivity index (χ0) is 18.3. The van der Waals surface area contributed by atoms with Crippen LogP contribution in [0.15, 0.2) is 23.9 Å². The molecule has 0 saturated heterocycles. The van der Waals surface area contributed by atoms with Gasteiger partial charge in [0.15, 0.2) is 6.61 Å². The van der Waals surface area contributed by atoms with Gasteiger partial charge >= 0.3 is 6.18 Å². The van der Waals surface area contributed by atoms with Gasteiger partial charge in [-0.1, -0.05) is 11.6 Å². The first kappa shape index (κ1) is 18.4. The minimum Gasteiger partial charge on any atom is -0.484 e. The topological polar surface area (TPSA) is 61.8 Å². The number of halogens is 4. The van der Waals surface area contributed by atoms with Gasteiger partial charge in [0.2, 0.25) is 0 Å². The number of nitrogens with zero attached hydrogens (tertiary/aromatic N) is 1. The fourth-order valence-electron chi connectivity index (χ4n) is 2.32. The Hall–Kier alpha value is -1.93. The number of amides is 1. The molecule has 0 bridgehead atoms. The Kier molecular flexibility index (Phi) is 4.74. The molecule has 1 unspecified atom stereocenters.